The van der Waals surface area contributed by atoms with Gasteiger partial charge in [0.25, 0.3) is 0 Å². The van der Waals surface area contributed by atoms with Crippen molar-refractivity contribution in [3.8, 4) is 0 Å². The Hall–Kier alpha value is -1.85. The van der Waals surface area contributed by atoms with E-state index in [2.05, 4.69) is 11.8 Å². The first-order valence-corrected chi connectivity index (χ1v) is 10.0. The second kappa shape index (κ2) is 8.23. The van der Waals surface area contributed by atoms with Gasteiger partial charge in [-0.05, 0) is 43.7 Å². The van der Waals surface area contributed by atoms with Crippen molar-refractivity contribution in [2.24, 2.45) is 0 Å². The molecule has 0 bridgehead atoms. The van der Waals surface area contributed by atoms with E-state index in [1.54, 1.807) is 0 Å². The number of piperazine rings is 1. The molecule has 138 valence electrons. The molecule has 0 aliphatic carbocycles. The Morgan fingerprint density at radius 3 is 2.42 bits per heavy atom. The number of rotatable bonds is 5. The Bertz CT molecular complexity index is 810. The van der Waals surface area contributed by atoms with E-state index in [4.69, 9.17) is 11.6 Å². The number of halogens is 1. The van der Waals surface area contributed by atoms with Gasteiger partial charge in [0.1, 0.15) is 0 Å². The predicted octanol–water partition coefficient (Wildman–Crippen LogP) is 4.33. The molecule has 1 amide bonds. The third-order valence-corrected chi connectivity index (χ3v) is 6.00. The molecule has 1 aliphatic rings. The Morgan fingerprint density at radius 2 is 1.77 bits per heavy atom. The lowest BCUT2D eigenvalue weighted by atomic mass is 10.1. The third-order valence-electron chi connectivity index (χ3n) is 4.73. The molecule has 6 heteroatoms. The number of benzene rings is 1. The number of Topliss-reactive ketones (excluding diaryl/α,β-unsaturated/α-hetero) is 1. The molecule has 4 nitrogen and oxygen atoms in total. The lowest BCUT2D eigenvalue weighted by molar-refractivity contribution is -0.131. The number of ketones is 1. The van der Waals surface area contributed by atoms with Gasteiger partial charge in [-0.3, -0.25) is 9.59 Å². The van der Waals surface area contributed by atoms with Crippen molar-refractivity contribution in [3.63, 3.8) is 0 Å². The highest BCUT2D eigenvalue weighted by Crippen LogP contribution is 2.25. The van der Waals surface area contributed by atoms with E-state index < -0.39 is 0 Å². The number of thiophene rings is 1. The molecule has 0 spiro atoms. The van der Waals surface area contributed by atoms with Crippen molar-refractivity contribution >= 4 is 40.3 Å². The Morgan fingerprint density at radius 1 is 1.04 bits per heavy atom. The average molecular weight is 391 g/mol. The van der Waals surface area contributed by atoms with Crippen LogP contribution in [0.25, 0.3) is 0 Å². The van der Waals surface area contributed by atoms with Gasteiger partial charge in [0.15, 0.2) is 5.78 Å². The number of carbonyl (C=O) groups is 2. The number of anilines is 1. The normalized spacial score (nSPS) is 14.6. The Labute approximate surface area is 163 Å². The monoisotopic (exact) mass is 390 g/mol. The van der Waals surface area contributed by atoms with Gasteiger partial charge in [-0.15, -0.1) is 11.3 Å². The van der Waals surface area contributed by atoms with E-state index in [0.29, 0.717) is 13.1 Å². The molecule has 1 aromatic carbocycles. The zero-order valence-electron chi connectivity index (χ0n) is 15.1. The van der Waals surface area contributed by atoms with Crippen LogP contribution in [0.2, 0.25) is 5.02 Å². The second-order valence-electron chi connectivity index (χ2n) is 6.63. The summed E-state index contributed by atoms with van der Waals surface area (Å²) in [5.41, 5.74) is 2.32. The molecule has 0 atom stereocenters. The molecule has 3 rings (SSSR count). The van der Waals surface area contributed by atoms with Crippen molar-refractivity contribution in [2.75, 3.05) is 31.1 Å². The predicted molar refractivity (Wildman–Crippen MR) is 108 cm³/mol. The van der Waals surface area contributed by atoms with Crippen LogP contribution in [0, 0.1) is 13.8 Å². The van der Waals surface area contributed by atoms with Crippen molar-refractivity contribution in [2.45, 2.75) is 26.7 Å². The Balaban J connectivity index is 1.50. The minimum atomic E-state index is 0.0599. The van der Waals surface area contributed by atoms with Crippen LogP contribution in [0.5, 0.6) is 0 Å². The van der Waals surface area contributed by atoms with Crippen molar-refractivity contribution in [1.29, 1.82) is 0 Å². The molecule has 2 aromatic rings. The summed E-state index contributed by atoms with van der Waals surface area (Å²) in [6, 6.07) is 9.69. The maximum Gasteiger partial charge on any atom is 0.223 e. The summed E-state index contributed by atoms with van der Waals surface area (Å²) in [4.78, 5) is 30.6. The summed E-state index contributed by atoms with van der Waals surface area (Å²) < 4.78 is 0. The number of hydrogen-bond acceptors (Lipinski definition) is 4. The van der Waals surface area contributed by atoms with E-state index in [1.165, 1.54) is 16.9 Å². The standard InChI is InChI=1S/C20H23ClN2O2S/c1-14-3-5-16(21)13-17(14)22-9-11-23(12-10-22)20(25)8-6-18(24)19-7-4-15(2)26-19/h3-5,7,13H,6,8-12H2,1-2H3. The molecule has 0 saturated carbocycles. The summed E-state index contributed by atoms with van der Waals surface area (Å²) in [6.45, 7) is 6.97. The van der Waals surface area contributed by atoms with Crippen molar-refractivity contribution < 1.29 is 9.59 Å². The molecule has 1 aromatic heterocycles. The van der Waals surface area contributed by atoms with Crippen LogP contribution in [-0.4, -0.2) is 42.8 Å². The van der Waals surface area contributed by atoms with E-state index in [1.807, 2.05) is 42.2 Å². The first kappa shape index (κ1) is 18.9. The molecule has 1 fully saturated rings. The minimum Gasteiger partial charge on any atom is -0.368 e. The molecular weight excluding hydrogens is 368 g/mol. The van der Waals surface area contributed by atoms with E-state index >= 15 is 0 Å². The van der Waals surface area contributed by atoms with Crippen LogP contribution >= 0.6 is 22.9 Å². The fraction of sp³-hybridized carbons (Fsp3) is 0.400. The number of carbonyl (C=O) groups excluding carboxylic acids is 2. The van der Waals surface area contributed by atoms with Gasteiger partial charge in [0, 0.05) is 54.6 Å². The lowest BCUT2D eigenvalue weighted by Gasteiger charge is -2.37. The second-order valence-corrected chi connectivity index (χ2v) is 8.36. The first-order valence-electron chi connectivity index (χ1n) is 8.82. The van der Waals surface area contributed by atoms with Gasteiger partial charge in [0.05, 0.1) is 4.88 Å². The topological polar surface area (TPSA) is 40.6 Å². The van der Waals surface area contributed by atoms with Gasteiger partial charge in [-0.2, -0.15) is 0 Å². The minimum absolute atomic E-state index is 0.0599. The van der Waals surface area contributed by atoms with Crippen LogP contribution in [0.1, 0.15) is 33.0 Å². The highest BCUT2D eigenvalue weighted by Gasteiger charge is 2.23. The van der Waals surface area contributed by atoms with E-state index in [0.717, 1.165) is 33.6 Å². The molecule has 0 unspecified atom stereocenters. The van der Waals surface area contributed by atoms with Crippen molar-refractivity contribution in [1.82, 2.24) is 4.90 Å². The van der Waals surface area contributed by atoms with Crippen LogP contribution in [0.15, 0.2) is 30.3 Å². The molecule has 0 N–H and O–H groups in total. The lowest BCUT2D eigenvalue weighted by Crippen LogP contribution is -2.49. The first-order chi connectivity index (χ1) is 12.4. The Kier molecular flexibility index (Phi) is 5.99. The highest BCUT2D eigenvalue weighted by atomic mass is 35.5. The quantitative estimate of drug-likeness (QED) is 0.713. The molecular formula is C20H23ClN2O2S. The molecule has 0 radical (unpaired) electrons. The number of aryl methyl sites for hydroxylation is 2. The SMILES string of the molecule is Cc1ccc(C(=O)CCC(=O)N2CCN(c3cc(Cl)ccc3C)CC2)s1. The molecule has 26 heavy (non-hydrogen) atoms. The zero-order valence-corrected chi connectivity index (χ0v) is 16.7. The largest absolute Gasteiger partial charge is 0.368 e. The van der Waals surface area contributed by atoms with Crippen LogP contribution < -0.4 is 4.90 Å². The summed E-state index contributed by atoms with van der Waals surface area (Å²) >= 11 is 7.61. The molecule has 1 saturated heterocycles. The van der Waals surface area contributed by atoms with Crippen LogP contribution in [0.4, 0.5) is 5.69 Å². The van der Waals surface area contributed by atoms with Crippen molar-refractivity contribution in [3.05, 3.63) is 50.7 Å². The third kappa shape index (κ3) is 4.46. The smallest absolute Gasteiger partial charge is 0.223 e. The van der Waals surface area contributed by atoms with Gasteiger partial charge in [0.2, 0.25) is 5.91 Å². The molecule has 1 aliphatic heterocycles. The summed E-state index contributed by atoms with van der Waals surface area (Å²) in [5, 5.41) is 0.728. The van der Waals surface area contributed by atoms with Crippen LogP contribution in [-0.2, 0) is 4.79 Å². The van der Waals surface area contributed by atoms with Gasteiger partial charge in [-0.1, -0.05) is 17.7 Å². The number of nitrogens with zero attached hydrogens (tertiary/aromatic N) is 2. The highest BCUT2D eigenvalue weighted by molar-refractivity contribution is 7.14. The van der Waals surface area contributed by atoms with Gasteiger partial charge < -0.3 is 9.80 Å². The fourth-order valence-corrected chi connectivity index (χ4v) is 4.21. The molecule has 2 heterocycles. The zero-order chi connectivity index (χ0) is 18.7. The average Bonchev–Trinajstić information content (AvgIpc) is 3.08. The van der Waals surface area contributed by atoms with Gasteiger partial charge in [-0.25, -0.2) is 0 Å². The van der Waals surface area contributed by atoms with Crippen LogP contribution in [0.3, 0.4) is 0 Å². The van der Waals surface area contributed by atoms with E-state index in [-0.39, 0.29) is 24.5 Å². The maximum atomic E-state index is 12.4. The summed E-state index contributed by atoms with van der Waals surface area (Å²) in [6.07, 6.45) is 0.568. The summed E-state index contributed by atoms with van der Waals surface area (Å²) in [5.74, 6) is 0.124. The maximum absolute atomic E-state index is 12.4. The fourth-order valence-electron chi connectivity index (χ4n) is 3.21. The number of hydrogen-bond donors (Lipinski definition) is 0. The van der Waals surface area contributed by atoms with E-state index in [9.17, 15) is 9.59 Å². The number of amides is 1. The van der Waals surface area contributed by atoms with Gasteiger partial charge >= 0.3 is 0 Å². The summed E-state index contributed by atoms with van der Waals surface area (Å²) in [7, 11) is 0.